The van der Waals surface area contributed by atoms with Gasteiger partial charge >= 0.3 is 5.97 Å². The van der Waals surface area contributed by atoms with Crippen LogP contribution < -0.4 is 24.7 Å². The Bertz CT molecular complexity index is 1800. The highest BCUT2D eigenvalue weighted by Gasteiger charge is 2.31. The van der Waals surface area contributed by atoms with Crippen LogP contribution in [0.3, 0.4) is 0 Å². The Morgan fingerprint density at radius 2 is 1.48 bits per heavy atom. The second-order valence-corrected chi connectivity index (χ2v) is 11.2. The first-order valence-corrected chi connectivity index (χ1v) is 14.5. The zero-order chi connectivity index (χ0) is 31.5. The predicted octanol–water partition coefficient (Wildman–Crippen LogP) is 8.87. The predicted molar refractivity (Wildman–Crippen MR) is 166 cm³/mol. The van der Waals surface area contributed by atoms with Gasteiger partial charge in [-0.3, -0.25) is 0 Å². The zero-order valence-electron chi connectivity index (χ0n) is 22.2. The maximum absolute atomic E-state index is 13.2. The van der Waals surface area contributed by atoms with Gasteiger partial charge in [0.2, 0.25) is 5.88 Å². The minimum absolute atomic E-state index is 0.0513. The van der Waals surface area contributed by atoms with Crippen LogP contribution in [0.4, 0.5) is 4.39 Å². The summed E-state index contributed by atoms with van der Waals surface area (Å²) in [5.74, 6) is -0.915. The summed E-state index contributed by atoms with van der Waals surface area (Å²) in [6.45, 7) is -0.339. The molecule has 7 nitrogen and oxygen atoms in total. The number of rotatable bonds is 8. The highest BCUT2D eigenvalue weighted by molar-refractivity contribution is 6.55. The SMILES string of the molecule is N#CC1=C(N)Oc2cc(OC(=O)COc3c(Cl)c(Cl)c(Cl)c(Cl)c3Cl)ccc2C1c1ccc(OCc2ccc(F)cc2)cc1. The van der Waals surface area contributed by atoms with E-state index < -0.39 is 18.5 Å². The average molecular weight is 695 g/mol. The fourth-order valence-electron chi connectivity index (χ4n) is 4.35. The quantitative estimate of drug-likeness (QED) is 0.0851. The van der Waals surface area contributed by atoms with E-state index in [0.717, 1.165) is 11.1 Å². The van der Waals surface area contributed by atoms with Gasteiger partial charge in [0.25, 0.3) is 0 Å². The lowest BCUT2D eigenvalue weighted by Gasteiger charge is -2.26. The summed E-state index contributed by atoms with van der Waals surface area (Å²) < 4.78 is 35.5. The van der Waals surface area contributed by atoms with E-state index in [2.05, 4.69) is 6.07 Å². The standard InChI is InChI=1S/C31H18Cl5FN2O5/c32-25-26(33)28(35)30(29(36)27(25)34)42-14-23(40)43-19-9-10-20-22(11-19)44-31(39)21(12-38)24(20)16-3-7-18(8-4-16)41-13-15-1-5-17(37)6-2-15/h1-11,24H,13-14,39H2. The van der Waals surface area contributed by atoms with Gasteiger partial charge in [-0.05, 0) is 41.5 Å². The molecule has 1 aliphatic heterocycles. The first-order chi connectivity index (χ1) is 21.1. The van der Waals surface area contributed by atoms with Crippen LogP contribution in [0.15, 0.2) is 78.2 Å². The largest absolute Gasteiger partial charge is 0.489 e. The van der Waals surface area contributed by atoms with E-state index in [0.29, 0.717) is 11.3 Å². The molecule has 0 bridgehead atoms. The molecule has 0 spiro atoms. The Morgan fingerprint density at radius 3 is 2.11 bits per heavy atom. The fourth-order valence-corrected chi connectivity index (χ4v) is 5.58. The van der Waals surface area contributed by atoms with Gasteiger partial charge in [0.1, 0.15) is 51.4 Å². The molecular weight excluding hydrogens is 677 g/mol. The topological polar surface area (TPSA) is 104 Å². The number of carbonyl (C=O) groups is 1. The van der Waals surface area contributed by atoms with E-state index in [9.17, 15) is 14.4 Å². The van der Waals surface area contributed by atoms with Gasteiger partial charge in [-0.1, -0.05) is 88.3 Å². The van der Waals surface area contributed by atoms with Gasteiger partial charge in [-0.2, -0.15) is 5.26 Å². The summed E-state index contributed by atoms with van der Waals surface area (Å²) in [4.78, 5) is 12.6. The number of halogens is 6. The third-order valence-electron chi connectivity index (χ3n) is 6.46. The molecule has 0 fully saturated rings. The molecular formula is C31H18Cl5FN2O5. The second-order valence-electron chi connectivity index (χ2n) is 9.27. The lowest BCUT2D eigenvalue weighted by atomic mass is 9.83. The van der Waals surface area contributed by atoms with E-state index in [-0.39, 0.29) is 66.2 Å². The van der Waals surface area contributed by atoms with Crippen molar-refractivity contribution < 1.29 is 28.1 Å². The molecule has 44 heavy (non-hydrogen) atoms. The van der Waals surface area contributed by atoms with E-state index in [1.54, 1.807) is 48.5 Å². The lowest BCUT2D eigenvalue weighted by Crippen LogP contribution is -2.21. The summed E-state index contributed by atoms with van der Waals surface area (Å²) in [5, 5.41) is 9.43. The number of allylic oxidation sites excluding steroid dienone is 1. The van der Waals surface area contributed by atoms with Crippen molar-refractivity contribution in [2.45, 2.75) is 12.5 Å². The molecule has 1 heterocycles. The molecule has 0 saturated carbocycles. The van der Waals surface area contributed by atoms with E-state index in [1.165, 1.54) is 18.2 Å². The molecule has 2 N–H and O–H groups in total. The van der Waals surface area contributed by atoms with Gasteiger partial charge in [0.05, 0.1) is 21.0 Å². The number of ether oxygens (including phenoxy) is 4. The van der Waals surface area contributed by atoms with Crippen molar-refractivity contribution in [1.82, 2.24) is 0 Å². The van der Waals surface area contributed by atoms with Crippen molar-refractivity contribution in [2.24, 2.45) is 5.73 Å². The summed E-state index contributed by atoms with van der Waals surface area (Å²) >= 11 is 30.3. The maximum Gasteiger partial charge on any atom is 0.349 e. The number of nitrogens with two attached hydrogens (primary N) is 1. The van der Waals surface area contributed by atoms with E-state index in [4.69, 9.17) is 82.7 Å². The second kappa shape index (κ2) is 13.4. The van der Waals surface area contributed by atoms with Crippen LogP contribution in [0.2, 0.25) is 25.1 Å². The number of esters is 1. The Labute approximate surface area is 275 Å². The number of fused-ring (bicyclic) bond motifs is 1. The van der Waals surface area contributed by atoms with Crippen LogP contribution in [0.5, 0.6) is 23.0 Å². The molecule has 0 saturated heterocycles. The van der Waals surface area contributed by atoms with Crippen molar-refractivity contribution in [1.29, 1.82) is 5.26 Å². The highest BCUT2D eigenvalue weighted by Crippen LogP contribution is 2.48. The summed E-state index contributed by atoms with van der Waals surface area (Å²) in [5.41, 5.74) is 8.50. The summed E-state index contributed by atoms with van der Waals surface area (Å²) in [7, 11) is 0. The molecule has 1 atom stereocenters. The molecule has 224 valence electrons. The molecule has 0 radical (unpaired) electrons. The molecule has 13 heteroatoms. The number of nitriles is 1. The van der Waals surface area contributed by atoms with Crippen LogP contribution >= 0.6 is 58.0 Å². The maximum atomic E-state index is 13.2. The Hall–Kier alpha value is -3.84. The van der Waals surface area contributed by atoms with Gasteiger partial charge < -0.3 is 24.7 Å². The number of nitrogens with zero attached hydrogens (tertiary/aromatic N) is 1. The molecule has 0 amide bonds. The molecule has 1 aliphatic rings. The zero-order valence-corrected chi connectivity index (χ0v) is 26.0. The van der Waals surface area contributed by atoms with E-state index in [1.807, 2.05) is 0 Å². The average Bonchev–Trinajstić information content (AvgIpc) is 3.02. The fraction of sp³-hybridized carbons (Fsp3) is 0.0968. The Kier molecular flexibility index (Phi) is 9.64. The first kappa shape index (κ1) is 31.6. The first-order valence-electron chi connectivity index (χ1n) is 12.6. The molecule has 1 unspecified atom stereocenters. The molecule has 4 aromatic rings. The molecule has 0 aliphatic carbocycles. The molecule has 5 rings (SSSR count). The number of hydrogen-bond donors (Lipinski definition) is 1. The van der Waals surface area contributed by atoms with Gasteiger partial charge in [0, 0.05) is 11.6 Å². The summed E-state index contributed by atoms with van der Waals surface area (Å²) in [6.07, 6.45) is 0. The Morgan fingerprint density at radius 1 is 0.864 bits per heavy atom. The van der Waals surface area contributed by atoms with Crippen molar-refractivity contribution in [3.8, 4) is 29.1 Å². The minimum atomic E-state index is -0.802. The smallest absolute Gasteiger partial charge is 0.349 e. The van der Waals surface area contributed by atoms with Crippen molar-refractivity contribution >= 4 is 64.0 Å². The normalized spacial score (nSPS) is 13.9. The van der Waals surface area contributed by atoms with Crippen molar-refractivity contribution in [2.75, 3.05) is 6.61 Å². The van der Waals surface area contributed by atoms with Crippen molar-refractivity contribution in [3.63, 3.8) is 0 Å². The van der Waals surface area contributed by atoms with E-state index >= 15 is 0 Å². The minimum Gasteiger partial charge on any atom is -0.489 e. The molecule has 0 aromatic heterocycles. The van der Waals surface area contributed by atoms with Crippen LogP contribution in [-0.2, 0) is 11.4 Å². The highest BCUT2D eigenvalue weighted by atomic mass is 35.5. The summed E-state index contributed by atoms with van der Waals surface area (Å²) in [6, 6.07) is 20.0. The Balaban J connectivity index is 1.31. The van der Waals surface area contributed by atoms with Gasteiger partial charge in [0.15, 0.2) is 12.4 Å². The number of benzene rings is 4. The van der Waals surface area contributed by atoms with Crippen molar-refractivity contribution in [3.05, 3.63) is 126 Å². The monoisotopic (exact) mass is 692 g/mol. The van der Waals surface area contributed by atoms with Crippen LogP contribution in [0.25, 0.3) is 0 Å². The van der Waals surface area contributed by atoms with Gasteiger partial charge in [-0.15, -0.1) is 0 Å². The van der Waals surface area contributed by atoms with Crippen LogP contribution in [0.1, 0.15) is 22.6 Å². The van der Waals surface area contributed by atoms with Crippen LogP contribution in [-0.4, -0.2) is 12.6 Å². The van der Waals surface area contributed by atoms with Gasteiger partial charge in [-0.25, -0.2) is 9.18 Å². The van der Waals surface area contributed by atoms with Crippen LogP contribution in [0, 0.1) is 17.1 Å². The number of carbonyl (C=O) groups excluding carboxylic acids is 1. The third-order valence-corrected chi connectivity index (χ3v) is 8.70. The molecule has 4 aromatic carbocycles. The number of hydrogen-bond acceptors (Lipinski definition) is 7. The third kappa shape index (κ3) is 6.63. The lowest BCUT2D eigenvalue weighted by molar-refractivity contribution is -0.136.